The Morgan fingerprint density at radius 3 is 2.87 bits per heavy atom. The van der Waals surface area contributed by atoms with E-state index in [9.17, 15) is 4.79 Å². The number of rotatable bonds is 4. The van der Waals surface area contributed by atoms with E-state index < -0.39 is 0 Å². The highest BCUT2D eigenvalue weighted by atomic mass is 16.5. The predicted molar refractivity (Wildman–Crippen MR) is 87.2 cm³/mol. The van der Waals surface area contributed by atoms with Crippen LogP contribution in [0, 0.1) is 20.8 Å². The summed E-state index contributed by atoms with van der Waals surface area (Å²) in [6, 6.07) is 6.41. The zero-order chi connectivity index (χ0) is 16.4. The molecule has 1 saturated heterocycles. The molecular weight excluding hydrogens is 290 g/mol. The van der Waals surface area contributed by atoms with Crippen molar-refractivity contribution < 1.29 is 9.32 Å². The minimum Gasteiger partial charge on any atom is -0.342 e. The molecule has 0 radical (unpaired) electrons. The van der Waals surface area contributed by atoms with E-state index in [1.54, 1.807) is 0 Å². The van der Waals surface area contributed by atoms with Crippen LogP contribution in [0.5, 0.6) is 0 Å². The van der Waals surface area contributed by atoms with Crippen LogP contribution in [-0.4, -0.2) is 34.0 Å². The molecule has 1 aromatic carbocycles. The minimum atomic E-state index is 0.182. The molecule has 1 aromatic heterocycles. The molecule has 1 atom stereocenters. The molecule has 5 nitrogen and oxygen atoms in total. The molecule has 1 aliphatic heterocycles. The zero-order valence-corrected chi connectivity index (χ0v) is 14.0. The van der Waals surface area contributed by atoms with E-state index in [1.807, 2.05) is 11.8 Å². The van der Waals surface area contributed by atoms with Gasteiger partial charge in [-0.05, 0) is 44.7 Å². The van der Waals surface area contributed by atoms with Gasteiger partial charge in [-0.2, -0.15) is 4.98 Å². The van der Waals surface area contributed by atoms with Crippen LogP contribution in [0.25, 0.3) is 0 Å². The monoisotopic (exact) mass is 313 g/mol. The van der Waals surface area contributed by atoms with Crippen LogP contribution in [0.3, 0.4) is 0 Å². The molecule has 3 rings (SSSR count). The van der Waals surface area contributed by atoms with Gasteiger partial charge in [0.1, 0.15) is 0 Å². The van der Waals surface area contributed by atoms with Crippen molar-refractivity contribution >= 4 is 5.91 Å². The van der Waals surface area contributed by atoms with Gasteiger partial charge in [0, 0.05) is 19.5 Å². The molecule has 23 heavy (non-hydrogen) atoms. The minimum absolute atomic E-state index is 0.182. The van der Waals surface area contributed by atoms with Gasteiger partial charge in [0.2, 0.25) is 11.8 Å². The predicted octanol–water partition coefficient (Wildman–Crippen LogP) is 2.94. The number of hydrogen-bond donors (Lipinski definition) is 0. The zero-order valence-electron chi connectivity index (χ0n) is 14.0. The molecule has 122 valence electrons. The molecule has 1 aliphatic rings. The Kier molecular flexibility index (Phi) is 4.46. The molecule has 0 N–H and O–H groups in total. The Labute approximate surface area is 136 Å². The van der Waals surface area contributed by atoms with Gasteiger partial charge in [-0.3, -0.25) is 4.79 Å². The normalized spacial score (nSPS) is 17.7. The van der Waals surface area contributed by atoms with E-state index in [-0.39, 0.29) is 11.8 Å². The van der Waals surface area contributed by atoms with Gasteiger partial charge in [0.15, 0.2) is 5.82 Å². The highest BCUT2D eigenvalue weighted by Gasteiger charge is 2.30. The average Bonchev–Trinajstić information content (AvgIpc) is 3.14. The van der Waals surface area contributed by atoms with Gasteiger partial charge in [-0.15, -0.1) is 0 Å². The molecule has 0 bridgehead atoms. The maximum Gasteiger partial charge on any atom is 0.231 e. The molecule has 0 spiro atoms. The Bertz CT molecular complexity index is 708. The SMILES string of the molecule is Cc1ccc(CCC(=O)N2CC[C@H](c3nc(C)no3)C2)c(C)c1. The van der Waals surface area contributed by atoms with Crippen LogP contribution in [0.4, 0.5) is 0 Å². The van der Waals surface area contributed by atoms with Crippen molar-refractivity contribution in [3.8, 4) is 0 Å². The summed E-state index contributed by atoms with van der Waals surface area (Å²) in [6.45, 7) is 7.47. The van der Waals surface area contributed by atoms with Crippen molar-refractivity contribution in [2.75, 3.05) is 13.1 Å². The van der Waals surface area contributed by atoms with Gasteiger partial charge in [0.05, 0.1) is 5.92 Å². The molecule has 1 amide bonds. The number of nitrogens with zero attached hydrogens (tertiary/aromatic N) is 3. The van der Waals surface area contributed by atoms with Gasteiger partial charge < -0.3 is 9.42 Å². The quantitative estimate of drug-likeness (QED) is 0.871. The third-order valence-electron chi connectivity index (χ3n) is 4.54. The topological polar surface area (TPSA) is 59.2 Å². The maximum atomic E-state index is 12.4. The number of carbonyl (C=O) groups excluding carboxylic acids is 1. The number of aromatic nitrogens is 2. The largest absolute Gasteiger partial charge is 0.342 e. The standard InChI is InChI=1S/C18H23N3O2/c1-12-4-5-15(13(2)10-12)6-7-17(22)21-9-8-16(11-21)18-19-14(3)20-23-18/h4-5,10,16H,6-9,11H2,1-3H3/t16-/m0/s1. The maximum absolute atomic E-state index is 12.4. The van der Waals surface area contributed by atoms with Crippen LogP contribution >= 0.6 is 0 Å². The van der Waals surface area contributed by atoms with Crippen molar-refractivity contribution in [3.63, 3.8) is 0 Å². The molecule has 2 heterocycles. The van der Waals surface area contributed by atoms with E-state index in [0.29, 0.717) is 24.7 Å². The molecular formula is C18H23N3O2. The van der Waals surface area contributed by atoms with Crippen molar-refractivity contribution in [1.29, 1.82) is 0 Å². The number of carbonyl (C=O) groups is 1. The Balaban J connectivity index is 1.55. The molecule has 0 unspecified atom stereocenters. The van der Waals surface area contributed by atoms with Crippen LogP contribution < -0.4 is 0 Å². The molecule has 1 fully saturated rings. The van der Waals surface area contributed by atoms with E-state index in [2.05, 4.69) is 42.2 Å². The second kappa shape index (κ2) is 6.52. The van der Waals surface area contributed by atoms with E-state index in [1.165, 1.54) is 16.7 Å². The summed E-state index contributed by atoms with van der Waals surface area (Å²) in [6.07, 6.45) is 2.25. The average molecular weight is 313 g/mol. The van der Waals surface area contributed by atoms with Gasteiger partial charge in [-0.1, -0.05) is 28.9 Å². The van der Waals surface area contributed by atoms with Crippen LogP contribution in [0.1, 0.15) is 47.2 Å². The van der Waals surface area contributed by atoms with Gasteiger partial charge >= 0.3 is 0 Å². The third kappa shape index (κ3) is 3.60. The highest BCUT2D eigenvalue weighted by Crippen LogP contribution is 2.26. The number of aryl methyl sites for hydroxylation is 4. The summed E-state index contributed by atoms with van der Waals surface area (Å²) >= 11 is 0. The van der Waals surface area contributed by atoms with Crippen molar-refractivity contribution in [1.82, 2.24) is 15.0 Å². The first kappa shape index (κ1) is 15.7. The second-order valence-electron chi connectivity index (χ2n) is 6.44. The molecule has 0 saturated carbocycles. The van der Waals surface area contributed by atoms with E-state index in [4.69, 9.17) is 4.52 Å². The number of hydrogen-bond acceptors (Lipinski definition) is 4. The number of amides is 1. The Morgan fingerprint density at radius 2 is 2.17 bits per heavy atom. The fourth-order valence-corrected chi connectivity index (χ4v) is 3.19. The first-order chi connectivity index (χ1) is 11.0. The van der Waals surface area contributed by atoms with E-state index >= 15 is 0 Å². The van der Waals surface area contributed by atoms with Gasteiger partial charge in [-0.25, -0.2) is 0 Å². The highest BCUT2D eigenvalue weighted by molar-refractivity contribution is 5.76. The summed E-state index contributed by atoms with van der Waals surface area (Å²) in [5.74, 6) is 1.71. The van der Waals surface area contributed by atoms with Crippen LogP contribution in [-0.2, 0) is 11.2 Å². The lowest BCUT2D eigenvalue weighted by Crippen LogP contribution is -2.28. The summed E-state index contributed by atoms with van der Waals surface area (Å²) in [5.41, 5.74) is 3.78. The Morgan fingerprint density at radius 1 is 1.35 bits per heavy atom. The molecule has 2 aromatic rings. The summed E-state index contributed by atoms with van der Waals surface area (Å²) in [5, 5.41) is 3.83. The first-order valence-corrected chi connectivity index (χ1v) is 8.17. The van der Waals surface area contributed by atoms with Crippen LogP contribution in [0.2, 0.25) is 0 Å². The second-order valence-corrected chi connectivity index (χ2v) is 6.44. The van der Waals surface area contributed by atoms with Crippen molar-refractivity contribution in [3.05, 3.63) is 46.6 Å². The summed E-state index contributed by atoms with van der Waals surface area (Å²) in [4.78, 5) is 18.6. The summed E-state index contributed by atoms with van der Waals surface area (Å²) < 4.78 is 5.23. The fourth-order valence-electron chi connectivity index (χ4n) is 3.19. The summed E-state index contributed by atoms with van der Waals surface area (Å²) in [7, 11) is 0. The lowest BCUT2D eigenvalue weighted by Gasteiger charge is -2.16. The molecule has 0 aliphatic carbocycles. The van der Waals surface area contributed by atoms with Crippen LogP contribution in [0.15, 0.2) is 22.7 Å². The lowest BCUT2D eigenvalue weighted by atomic mass is 10.0. The van der Waals surface area contributed by atoms with E-state index in [0.717, 1.165) is 19.4 Å². The molecule has 5 heteroatoms. The third-order valence-corrected chi connectivity index (χ3v) is 4.54. The number of likely N-dealkylation sites (tertiary alicyclic amines) is 1. The number of benzene rings is 1. The van der Waals surface area contributed by atoms with Gasteiger partial charge in [0.25, 0.3) is 0 Å². The van der Waals surface area contributed by atoms with Crippen molar-refractivity contribution in [2.45, 2.75) is 46.0 Å². The smallest absolute Gasteiger partial charge is 0.231 e. The fraction of sp³-hybridized carbons (Fsp3) is 0.500. The first-order valence-electron chi connectivity index (χ1n) is 8.17. The Hall–Kier alpha value is -2.17. The van der Waals surface area contributed by atoms with Crippen molar-refractivity contribution in [2.24, 2.45) is 0 Å². The lowest BCUT2D eigenvalue weighted by molar-refractivity contribution is -0.130.